The van der Waals surface area contributed by atoms with Crippen molar-refractivity contribution in [1.29, 1.82) is 0 Å². The number of hydrogen-bond acceptors (Lipinski definition) is 3. The summed E-state index contributed by atoms with van der Waals surface area (Å²) in [6.45, 7) is 0.838. The summed E-state index contributed by atoms with van der Waals surface area (Å²) in [7, 11) is 3.13. The zero-order valence-corrected chi connectivity index (χ0v) is 9.06. The fourth-order valence-electron chi connectivity index (χ4n) is 1.35. The molecule has 1 aliphatic heterocycles. The SMILES string of the molecule is CN.COc1ccc(N2CCC2=O)cc1. The number of methoxy groups -OCH3 is 1. The quantitative estimate of drug-likeness (QED) is 0.738. The molecule has 0 aromatic heterocycles. The first-order valence-corrected chi connectivity index (χ1v) is 4.83. The predicted molar refractivity (Wildman–Crippen MR) is 60.1 cm³/mol. The Morgan fingerprint density at radius 1 is 1.27 bits per heavy atom. The van der Waals surface area contributed by atoms with Crippen LogP contribution in [0.2, 0.25) is 0 Å². The summed E-state index contributed by atoms with van der Waals surface area (Å²) in [6.07, 6.45) is 0.673. The Morgan fingerprint density at radius 3 is 2.20 bits per heavy atom. The number of anilines is 1. The average molecular weight is 208 g/mol. The minimum atomic E-state index is 0.199. The second kappa shape index (κ2) is 5.36. The maximum atomic E-state index is 11.1. The number of nitrogens with zero attached hydrogens (tertiary/aromatic N) is 1. The van der Waals surface area contributed by atoms with Crippen LogP contribution in [-0.4, -0.2) is 26.6 Å². The van der Waals surface area contributed by atoms with E-state index in [-0.39, 0.29) is 5.91 Å². The van der Waals surface area contributed by atoms with Crippen molar-refractivity contribution in [3.8, 4) is 5.75 Å². The van der Waals surface area contributed by atoms with Gasteiger partial charge in [-0.05, 0) is 31.3 Å². The van der Waals surface area contributed by atoms with Crippen LogP contribution < -0.4 is 15.4 Å². The fourth-order valence-corrected chi connectivity index (χ4v) is 1.35. The summed E-state index contributed by atoms with van der Waals surface area (Å²) in [5.74, 6) is 1.02. The Morgan fingerprint density at radius 2 is 1.87 bits per heavy atom. The highest BCUT2D eigenvalue weighted by Gasteiger charge is 2.24. The third-order valence-corrected chi connectivity index (χ3v) is 2.23. The summed E-state index contributed by atoms with van der Waals surface area (Å²) >= 11 is 0. The fraction of sp³-hybridized carbons (Fsp3) is 0.364. The van der Waals surface area contributed by atoms with Crippen LogP contribution in [0, 0.1) is 0 Å². The van der Waals surface area contributed by atoms with Gasteiger partial charge >= 0.3 is 0 Å². The van der Waals surface area contributed by atoms with Crippen molar-refractivity contribution >= 4 is 11.6 Å². The summed E-state index contributed by atoms with van der Waals surface area (Å²) in [5.41, 5.74) is 5.46. The normalized spacial score (nSPS) is 13.8. The Labute approximate surface area is 89.6 Å². The molecule has 1 fully saturated rings. The summed E-state index contributed by atoms with van der Waals surface area (Å²) < 4.78 is 5.02. The molecule has 1 saturated heterocycles. The molecule has 4 heteroatoms. The molecule has 1 heterocycles. The number of rotatable bonds is 2. The van der Waals surface area contributed by atoms with E-state index in [2.05, 4.69) is 5.73 Å². The number of β-lactam (4-membered cyclic amide) rings is 1. The minimum absolute atomic E-state index is 0.199. The number of hydrogen-bond donors (Lipinski definition) is 1. The van der Waals surface area contributed by atoms with Crippen molar-refractivity contribution in [2.75, 3.05) is 25.6 Å². The number of carbonyl (C=O) groups is 1. The van der Waals surface area contributed by atoms with E-state index in [0.29, 0.717) is 6.42 Å². The van der Waals surface area contributed by atoms with Gasteiger partial charge in [0, 0.05) is 18.7 Å². The molecule has 1 aromatic carbocycles. The molecule has 0 radical (unpaired) electrons. The summed E-state index contributed by atoms with van der Waals surface area (Å²) in [4.78, 5) is 12.8. The number of carbonyl (C=O) groups excluding carboxylic acids is 1. The van der Waals surface area contributed by atoms with Gasteiger partial charge in [-0.15, -0.1) is 0 Å². The number of benzene rings is 1. The van der Waals surface area contributed by atoms with Gasteiger partial charge in [0.1, 0.15) is 5.75 Å². The van der Waals surface area contributed by atoms with Crippen LogP contribution >= 0.6 is 0 Å². The van der Waals surface area contributed by atoms with E-state index in [9.17, 15) is 4.79 Å². The molecule has 2 rings (SSSR count). The highest BCUT2D eigenvalue weighted by molar-refractivity contribution is 5.99. The molecular formula is C11H16N2O2. The molecule has 1 amide bonds. The first kappa shape index (κ1) is 11.5. The minimum Gasteiger partial charge on any atom is -0.497 e. The standard InChI is InChI=1S/C10H11NO2.CH5N/c1-13-9-4-2-8(3-5-9)11-7-6-10(11)12;1-2/h2-5H,6-7H2,1H3;2H2,1H3. The highest BCUT2D eigenvalue weighted by Crippen LogP contribution is 2.23. The van der Waals surface area contributed by atoms with Crippen LogP contribution in [0.3, 0.4) is 0 Å². The molecule has 2 N–H and O–H groups in total. The largest absolute Gasteiger partial charge is 0.497 e. The maximum Gasteiger partial charge on any atom is 0.228 e. The van der Waals surface area contributed by atoms with Gasteiger partial charge in [-0.2, -0.15) is 0 Å². The van der Waals surface area contributed by atoms with E-state index in [1.54, 1.807) is 12.0 Å². The van der Waals surface area contributed by atoms with Gasteiger partial charge < -0.3 is 15.4 Å². The highest BCUT2D eigenvalue weighted by atomic mass is 16.5. The molecule has 0 unspecified atom stereocenters. The lowest BCUT2D eigenvalue weighted by Crippen LogP contribution is -2.43. The second-order valence-corrected chi connectivity index (χ2v) is 2.99. The van der Waals surface area contributed by atoms with Crippen molar-refractivity contribution in [3.63, 3.8) is 0 Å². The Balaban J connectivity index is 0.000000531. The van der Waals surface area contributed by atoms with E-state index < -0.39 is 0 Å². The summed E-state index contributed by atoms with van der Waals surface area (Å²) in [6, 6.07) is 7.52. The molecule has 0 spiro atoms. The van der Waals surface area contributed by atoms with Crippen molar-refractivity contribution in [1.82, 2.24) is 0 Å². The van der Waals surface area contributed by atoms with Crippen molar-refractivity contribution < 1.29 is 9.53 Å². The average Bonchev–Trinajstić information content (AvgIpc) is 2.31. The van der Waals surface area contributed by atoms with Gasteiger partial charge in [-0.25, -0.2) is 0 Å². The molecule has 15 heavy (non-hydrogen) atoms. The molecule has 4 nitrogen and oxygen atoms in total. The Hall–Kier alpha value is -1.55. The van der Waals surface area contributed by atoms with Gasteiger partial charge in [0.25, 0.3) is 0 Å². The van der Waals surface area contributed by atoms with E-state index >= 15 is 0 Å². The maximum absolute atomic E-state index is 11.1. The first-order chi connectivity index (χ1) is 7.31. The van der Waals surface area contributed by atoms with E-state index in [1.807, 2.05) is 24.3 Å². The lowest BCUT2D eigenvalue weighted by molar-refractivity contribution is -0.122. The monoisotopic (exact) mass is 208 g/mol. The van der Waals surface area contributed by atoms with Gasteiger partial charge in [-0.1, -0.05) is 0 Å². The molecule has 0 saturated carbocycles. The molecule has 82 valence electrons. The number of nitrogens with two attached hydrogens (primary N) is 1. The predicted octanol–water partition coefficient (Wildman–Crippen LogP) is 1.01. The molecule has 0 aliphatic carbocycles. The van der Waals surface area contributed by atoms with Crippen molar-refractivity contribution in [2.24, 2.45) is 5.73 Å². The van der Waals surface area contributed by atoms with Crippen LogP contribution in [0.1, 0.15) is 6.42 Å². The van der Waals surface area contributed by atoms with E-state index in [4.69, 9.17) is 4.74 Å². The molecule has 0 atom stereocenters. The Kier molecular flexibility index (Phi) is 4.12. The third kappa shape index (κ3) is 2.47. The zero-order chi connectivity index (χ0) is 11.3. The van der Waals surface area contributed by atoms with Crippen LogP contribution in [-0.2, 0) is 4.79 Å². The van der Waals surface area contributed by atoms with Crippen LogP contribution in [0.4, 0.5) is 5.69 Å². The molecule has 1 aliphatic rings. The Bertz CT molecular complexity index is 322. The van der Waals surface area contributed by atoms with Crippen LogP contribution in [0.25, 0.3) is 0 Å². The van der Waals surface area contributed by atoms with E-state index in [1.165, 1.54) is 7.05 Å². The third-order valence-electron chi connectivity index (χ3n) is 2.23. The lowest BCUT2D eigenvalue weighted by Gasteiger charge is -2.30. The van der Waals surface area contributed by atoms with Crippen molar-refractivity contribution in [3.05, 3.63) is 24.3 Å². The number of amides is 1. The summed E-state index contributed by atoms with van der Waals surface area (Å²) in [5, 5.41) is 0. The van der Waals surface area contributed by atoms with Gasteiger partial charge in [-0.3, -0.25) is 4.79 Å². The zero-order valence-electron chi connectivity index (χ0n) is 9.06. The smallest absolute Gasteiger partial charge is 0.228 e. The van der Waals surface area contributed by atoms with Crippen LogP contribution in [0.5, 0.6) is 5.75 Å². The van der Waals surface area contributed by atoms with E-state index in [0.717, 1.165) is 18.0 Å². The van der Waals surface area contributed by atoms with Crippen LogP contribution in [0.15, 0.2) is 24.3 Å². The van der Waals surface area contributed by atoms with Crippen molar-refractivity contribution in [2.45, 2.75) is 6.42 Å². The topological polar surface area (TPSA) is 55.6 Å². The molecule has 0 bridgehead atoms. The van der Waals surface area contributed by atoms with Gasteiger partial charge in [0.05, 0.1) is 7.11 Å². The molecular weight excluding hydrogens is 192 g/mol. The lowest BCUT2D eigenvalue weighted by atomic mass is 10.1. The number of ether oxygens (including phenoxy) is 1. The van der Waals surface area contributed by atoms with Gasteiger partial charge in [0.2, 0.25) is 5.91 Å². The second-order valence-electron chi connectivity index (χ2n) is 2.99. The van der Waals surface area contributed by atoms with Gasteiger partial charge in [0.15, 0.2) is 0 Å². The molecule has 1 aromatic rings. The first-order valence-electron chi connectivity index (χ1n) is 4.83.